The molecule has 2 rings (SSSR count). The van der Waals surface area contributed by atoms with Gasteiger partial charge in [-0.15, -0.1) is 21.5 Å². The first kappa shape index (κ1) is 12.7. The van der Waals surface area contributed by atoms with E-state index in [-0.39, 0.29) is 25.1 Å². The van der Waals surface area contributed by atoms with E-state index in [0.717, 1.165) is 4.88 Å². The molecule has 0 spiro atoms. The second-order valence-electron chi connectivity index (χ2n) is 3.77. The van der Waals surface area contributed by atoms with Crippen LogP contribution in [-0.4, -0.2) is 43.9 Å². The van der Waals surface area contributed by atoms with Gasteiger partial charge in [0.1, 0.15) is 6.54 Å². The Bertz CT molecular complexity index is 510. The minimum atomic E-state index is -0.280. The highest BCUT2D eigenvalue weighted by molar-refractivity contribution is 7.13. The Morgan fingerprint density at radius 2 is 2.50 bits per heavy atom. The van der Waals surface area contributed by atoms with Gasteiger partial charge in [-0.3, -0.25) is 4.79 Å². The van der Waals surface area contributed by atoms with E-state index in [1.54, 1.807) is 6.92 Å². The maximum atomic E-state index is 11.5. The third-order valence-corrected chi connectivity index (χ3v) is 3.03. The third-order valence-electron chi connectivity index (χ3n) is 2.16. The summed E-state index contributed by atoms with van der Waals surface area (Å²) in [4.78, 5) is 13.7. The van der Waals surface area contributed by atoms with Crippen molar-refractivity contribution in [3.05, 3.63) is 17.5 Å². The van der Waals surface area contributed by atoms with Gasteiger partial charge >= 0.3 is 0 Å². The van der Waals surface area contributed by atoms with Gasteiger partial charge in [-0.05, 0) is 23.6 Å². The first-order valence-electron chi connectivity index (χ1n) is 5.41. The first-order valence-corrected chi connectivity index (χ1v) is 6.29. The van der Waals surface area contributed by atoms with Crippen LogP contribution in [0.2, 0.25) is 0 Å². The molecular formula is C10H13N5O2S. The Morgan fingerprint density at radius 1 is 1.67 bits per heavy atom. The van der Waals surface area contributed by atoms with E-state index in [2.05, 4.69) is 20.7 Å². The average molecular weight is 267 g/mol. The highest BCUT2D eigenvalue weighted by atomic mass is 32.1. The number of rotatable bonds is 5. The predicted molar refractivity (Wildman–Crippen MR) is 65.8 cm³/mol. The van der Waals surface area contributed by atoms with Crippen LogP contribution in [0.3, 0.4) is 0 Å². The zero-order chi connectivity index (χ0) is 13.0. The van der Waals surface area contributed by atoms with E-state index in [1.807, 2.05) is 17.5 Å². The van der Waals surface area contributed by atoms with Crippen LogP contribution in [0.25, 0.3) is 10.7 Å². The molecule has 7 nitrogen and oxygen atoms in total. The highest BCUT2D eigenvalue weighted by Gasteiger charge is 2.11. The van der Waals surface area contributed by atoms with E-state index in [0.29, 0.717) is 5.82 Å². The fourth-order valence-electron chi connectivity index (χ4n) is 1.31. The highest BCUT2D eigenvalue weighted by Crippen LogP contribution is 2.19. The molecule has 0 aliphatic rings. The lowest BCUT2D eigenvalue weighted by Gasteiger charge is -2.09. The van der Waals surface area contributed by atoms with Gasteiger partial charge in [0, 0.05) is 6.04 Å². The third kappa shape index (κ3) is 3.11. The topological polar surface area (TPSA) is 92.9 Å². The summed E-state index contributed by atoms with van der Waals surface area (Å²) < 4.78 is 0. The number of hydrogen-bond acceptors (Lipinski definition) is 6. The van der Waals surface area contributed by atoms with Gasteiger partial charge in [0.2, 0.25) is 11.7 Å². The summed E-state index contributed by atoms with van der Waals surface area (Å²) in [6.07, 6.45) is 0. The number of aliphatic hydroxyl groups excluding tert-OH is 1. The van der Waals surface area contributed by atoms with Crippen LogP contribution in [0.15, 0.2) is 17.5 Å². The molecule has 0 radical (unpaired) electrons. The molecule has 96 valence electrons. The van der Waals surface area contributed by atoms with Crippen LogP contribution in [0.5, 0.6) is 0 Å². The molecule has 0 aromatic carbocycles. The number of nitrogens with one attached hydrogen (secondary N) is 1. The molecule has 0 aliphatic heterocycles. The molecule has 8 heteroatoms. The number of tetrazole rings is 1. The zero-order valence-electron chi connectivity index (χ0n) is 9.78. The second kappa shape index (κ2) is 5.69. The number of thiophene rings is 1. The number of carbonyl (C=O) groups excluding carboxylic acids is 1. The molecule has 1 unspecified atom stereocenters. The molecule has 2 N–H and O–H groups in total. The molecule has 0 bridgehead atoms. The molecule has 2 heterocycles. The molecule has 0 aliphatic carbocycles. The molecule has 0 saturated heterocycles. The number of aliphatic hydroxyl groups is 1. The molecule has 1 amide bonds. The SMILES string of the molecule is CC(CO)NC(=O)Cn1nnc(-c2cccs2)n1. The Morgan fingerprint density at radius 3 is 3.17 bits per heavy atom. The fourth-order valence-corrected chi connectivity index (χ4v) is 1.96. The second-order valence-corrected chi connectivity index (χ2v) is 4.72. The number of hydrogen-bond donors (Lipinski definition) is 2. The van der Waals surface area contributed by atoms with Gasteiger partial charge < -0.3 is 10.4 Å². The van der Waals surface area contributed by atoms with Crippen molar-refractivity contribution in [3.8, 4) is 10.7 Å². The van der Waals surface area contributed by atoms with Crippen molar-refractivity contribution >= 4 is 17.2 Å². The van der Waals surface area contributed by atoms with Crippen molar-refractivity contribution in [2.24, 2.45) is 0 Å². The van der Waals surface area contributed by atoms with E-state index in [4.69, 9.17) is 5.11 Å². The van der Waals surface area contributed by atoms with E-state index in [1.165, 1.54) is 16.1 Å². The van der Waals surface area contributed by atoms with Crippen LogP contribution < -0.4 is 5.32 Å². The van der Waals surface area contributed by atoms with Gasteiger partial charge in [-0.2, -0.15) is 4.80 Å². The Labute approximate surface area is 107 Å². The van der Waals surface area contributed by atoms with Crippen LogP contribution >= 0.6 is 11.3 Å². The lowest BCUT2D eigenvalue weighted by molar-refractivity contribution is -0.122. The van der Waals surface area contributed by atoms with Crippen molar-refractivity contribution in [2.45, 2.75) is 19.5 Å². The van der Waals surface area contributed by atoms with Gasteiger partial charge in [0.05, 0.1) is 11.5 Å². The van der Waals surface area contributed by atoms with Crippen LogP contribution in [0.1, 0.15) is 6.92 Å². The maximum absolute atomic E-state index is 11.5. The van der Waals surface area contributed by atoms with Crippen LogP contribution in [0.4, 0.5) is 0 Å². The average Bonchev–Trinajstić information content (AvgIpc) is 2.98. The Kier molecular flexibility index (Phi) is 4.00. The van der Waals surface area contributed by atoms with Crippen molar-refractivity contribution < 1.29 is 9.90 Å². The minimum Gasteiger partial charge on any atom is -0.394 e. The quantitative estimate of drug-likeness (QED) is 0.789. The molecule has 18 heavy (non-hydrogen) atoms. The van der Waals surface area contributed by atoms with Gasteiger partial charge in [-0.25, -0.2) is 0 Å². The fraction of sp³-hybridized carbons (Fsp3) is 0.400. The largest absolute Gasteiger partial charge is 0.394 e. The Hall–Kier alpha value is -1.80. The Balaban J connectivity index is 1.97. The van der Waals surface area contributed by atoms with E-state index >= 15 is 0 Å². The number of amides is 1. The van der Waals surface area contributed by atoms with E-state index in [9.17, 15) is 4.79 Å². The van der Waals surface area contributed by atoms with Crippen molar-refractivity contribution in [3.63, 3.8) is 0 Å². The normalized spacial score (nSPS) is 12.3. The van der Waals surface area contributed by atoms with Crippen LogP contribution in [0, 0.1) is 0 Å². The molecular weight excluding hydrogens is 254 g/mol. The van der Waals surface area contributed by atoms with Gasteiger partial charge in [0.15, 0.2) is 0 Å². The lowest BCUT2D eigenvalue weighted by Crippen LogP contribution is -2.37. The van der Waals surface area contributed by atoms with Crippen molar-refractivity contribution in [1.82, 2.24) is 25.5 Å². The molecule has 0 fully saturated rings. The minimum absolute atomic E-state index is 0.0112. The summed E-state index contributed by atoms with van der Waals surface area (Å²) >= 11 is 1.51. The predicted octanol–water partition coefficient (Wildman–Crippen LogP) is -0.101. The van der Waals surface area contributed by atoms with E-state index < -0.39 is 0 Å². The zero-order valence-corrected chi connectivity index (χ0v) is 10.6. The van der Waals surface area contributed by atoms with Crippen LogP contribution in [-0.2, 0) is 11.3 Å². The summed E-state index contributed by atoms with van der Waals surface area (Å²) in [7, 11) is 0. The smallest absolute Gasteiger partial charge is 0.243 e. The monoisotopic (exact) mass is 267 g/mol. The summed E-state index contributed by atoms with van der Waals surface area (Å²) in [5.41, 5.74) is 0. The van der Waals surface area contributed by atoms with Crippen molar-refractivity contribution in [1.29, 1.82) is 0 Å². The number of carbonyl (C=O) groups is 1. The first-order chi connectivity index (χ1) is 8.69. The van der Waals surface area contributed by atoms with Crippen molar-refractivity contribution in [2.75, 3.05) is 6.61 Å². The molecule has 1 atom stereocenters. The summed E-state index contributed by atoms with van der Waals surface area (Å²) in [6, 6.07) is 3.51. The molecule has 2 aromatic heterocycles. The lowest BCUT2D eigenvalue weighted by atomic mass is 10.3. The summed E-state index contributed by atoms with van der Waals surface area (Å²) in [6.45, 7) is 1.60. The van der Waals surface area contributed by atoms with Gasteiger partial charge in [0.25, 0.3) is 0 Å². The number of aromatic nitrogens is 4. The molecule has 2 aromatic rings. The van der Waals surface area contributed by atoms with Gasteiger partial charge in [-0.1, -0.05) is 6.07 Å². The summed E-state index contributed by atoms with van der Waals surface area (Å²) in [5, 5.41) is 25.1. The maximum Gasteiger partial charge on any atom is 0.243 e. The summed E-state index contributed by atoms with van der Waals surface area (Å²) in [5.74, 6) is 0.250. The number of nitrogens with zero attached hydrogens (tertiary/aromatic N) is 4. The molecule has 0 saturated carbocycles. The standard InChI is InChI=1S/C10H13N5O2S/c1-7(6-16)11-9(17)5-15-13-10(12-14-15)8-3-2-4-18-8/h2-4,7,16H,5-6H2,1H3,(H,11,17).